The third kappa shape index (κ3) is 4.17. The fraction of sp³-hybridized carbons (Fsp3) is 0.500. The van der Waals surface area contributed by atoms with Crippen molar-refractivity contribution in [3.63, 3.8) is 0 Å². The number of nitrogens with one attached hydrogen (secondary N) is 1. The average molecular weight is 425 g/mol. The maximum absolute atomic E-state index is 12.5. The van der Waals surface area contributed by atoms with E-state index in [4.69, 9.17) is 5.11 Å². The van der Waals surface area contributed by atoms with Gasteiger partial charge in [-0.1, -0.05) is 20.8 Å². The Balaban J connectivity index is 3.26. The molecule has 0 aliphatic rings. The quantitative estimate of drug-likeness (QED) is 0.658. The zero-order valence-corrected chi connectivity index (χ0v) is 15.3. The van der Waals surface area contributed by atoms with Crippen molar-refractivity contribution in [1.82, 2.24) is 4.72 Å². The molecule has 0 aromatic heterocycles. The maximum Gasteiger partial charge on any atom is 0.336 e. The number of carboxylic acids is 1. The smallest absolute Gasteiger partial charge is 0.336 e. The Morgan fingerprint density at radius 2 is 1.76 bits per heavy atom. The standard InChI is InChI=1S/C14H20INO4S/c1-4-14(5-2,6-3)16-21(19,20)10-7-8-12(15)11(9-10)13(17)18/h7-9,16H,4-6H2,1-3H3,(H,17,18). The van der Waals surface area contributed by atoms with E-state index in [-0.39, 0.29) is 10.5 Å². The Morgan fingerprint density at radius 3 is 2.19 bits per heavy atom. The van der Waals surface area contributed by atoms with Crippen molar-refractivity contribution < 1.29 is 18.3 Å². The lowest BCUT2D eigenvalue weighted by Gasteiger charge is -2.31. The van der Waals surface area contributed by atoms with Crippen molar-refractivity contribution in [2.75, 3.05) is 0 Å². The molecule has 0 radical (unpaired) electrons. The minimum Gasteiger partial charge on any atom is -0.478 e. The third-order valence-electron chi connectivity index (χ3n) is 3.86. The van der Waals surface area contributed by atoms with Gasteiger partial charge in [-0.05, 0) is 60.1 Å². The number of sulfonamides is 1. The minimum absolute atomic E-state index is 0.00595. The fourth-order valence-corrected chi connectivity index (χ4v) is 4.35. The molecule has 0 aliphatic carbocycles. The number of hydrogen-bond acceptors (Lipinski definition) is 3. The zero-order chi connectivity index (χ0) is 16.3. The molecule has 1 aromatic rings. The molecule has 0 amide bonds. The topological polar surface area (TPSA) is 83.5 Å². The third-order valence-corrected chi connectivity index (χ3v) is 6.38. The van der Waals surface area contributed by atoms with Crippen molar-refractivity contribution in [3.05, 3.63) is 27.3 Å². The van der Waals surface area contributed by atoms with E-state index in [0.717, 1.165) is 0 Å². The normalized spacial score (nSPS) is 12.4. The number of carbonyl (C=O) groups is 1. The molecule has 0 fully saturated rings. The highest BCUT2D eigenvalue weighted by atomic mass is 127. The number of benzene rings is 1. The molecule has 7 heteroatoms. The lowest BCUT2D eigenvalue weighted by Crippen LogP contribution is -2.46. The van der Waals surface area contributed by atoms with Crippen LogP contribution < -0.4 is 4.72 Å². The number of hydrogen-bond donors (Lipinski definition) is 2. The Bertz CT molecular complexity index is 616. The number of rotatable bonds is 7. The summed E-state index contributed by atoms with van der Waals surface area (Å²) in [4.78, 5) is 11.1. The predicted octanol–water partition coefficient (Wildman–Crippen LogP) is 3.24. The van der Waals surface area contributed by atoms with Gasteiger partial charge in [0.2, 0.25) is 10.0 Å². The van der Waals surface area contributed by atoms with E-state index in [1.54, 1.807) is 0 Å². The predicted molar refractivity (Wildman–Crippen MR) is 90.0 cm³/mol. The second-order valence-electron chi connectivity index (χ2n) is 4.89. The molecule has 1 aromatic carbocycles. The van der Waals surface area contributed by atoms with Crippen LogP contribution in [0.4, 0.5) is 0 Å². The van der Waals surface area contributed by atoms with Gasteiger partial charge in [0.1, 0.15) is 0 Å². The molecule has 118 valence electrons. The summed E-state index contributed by atoms with van der Waals surface area (Å²) in [5, 5.41) is 9.11. The van der Waals surface area contributed by atoms with E-state index in [2.05, 4.69) is 4.72 Å². The van der Waals surface area contributed by atoms with Crippen molar-refractivity contribution in [3.8, 4) is 0 Å². The summed E-state index contributed by atoms with van der Waals surface area (Å²) < 4.78 is 28.2. The van der Waals surface area contributed by atoms with E-state index < -0.39 is 21.5 Å². The molecule has 0 unspecified atom stereocenters. The second-order valence-corrected chi connectivity index (χ2v) is 7.74. The highest BCUT2D eigenvalue weighted by molar-refractivity contribution is 14.1. The van der Waals surface area contributed by atoms with Crippen molar-refractivity contribution in [2.45, 2.75) is 50.5 Å². The minimum atomic E-state index is -3.74. The summed E-state index contributed by atoms with van der Waals surface area (Å²) in [5.74, 6) is -1.14. The van der Waals surface area contributed by atoms with Gasteiger partial charge in [-0.15, -0.1) is 0 Å². The molecule has 21 heavy (non-hydrogen) atoms. The molecule has 0 heterocycles. The highest BCUT2D eigenvalue weighted by Crippen LogP contribution is 2.24. The van der Waals surface area contributed by atoms with E-state index >= 15 is 0 Å². The van der Waals surface area contributed by atoms with Gasteiger partial charge in [-0.2, -0.15) is 0 Å². The maximum atomic E-state index is 12.5. The molecule has 0 saturated heterocycles. The molecule has 0 aliphatic heterocycles. The van der Waals surface area contributed by atoms with Crippen LogP contribution in [0.15, 0.2) is 23.1 Å². The molecule has 0 bridgehead atoms. The molecule has 1 rings (SSSR count). The van der Waals surface area contributed by atoms with Gasteiger partial charge in [-0.25, -0.2) is 17.9 Å². The fourth-order valence-electron chi connectivity index (χ4n) is 2.15. The molecule has 5 nitrogen and oxygen atoms in total. The first-order valence-electron chi connectivity index (χ1n) is 6.78. The van der Waals surface area contributed by atoms with Crippen LogP contribution in [0.3, 0.4) is 0 Å². The van der Waals surface area contributed by atoms with Gasteiger partial charge in [0.05, 0.1) is 10.5 Å². The lowest BCUT2D eigenvalue weighted by atomic mass is 9.91. The highest BCUT2D eigenvalue weighted by Gasteiger charge is 2.30. The van der Waals surface area contributed by atoms with Crippen molar-refractivity contribution in [2.24, 2.45) is 0 Å². The lowest BCUT2D eigenvalue weighted by molar-refractivity contribution is 0.0695. The van der Waals surface area contributed by atoms with Crippen LogP contribution in [0, 0.1) is 3.57 Å². The molecular formula is C14H20INO4S. The van der Waals surface area contributed by atoms with Crippen LogP contribution in [0.25, 0.3) is 0 Å². The van der Waals surface area contributed by atoms with Gasteiger partial charge in [0, 0.05) is 9.11 Å². The van der Waals surface area contributed by atoms with Gasteiger partial charge in [0.25, 0.3) is 0 Å². The number of aromatic carboxylic acids is 1. The molecule has 2 N–H and O–H groups in total. The van der Waals surface area contributed by atoms with Gasteiger partial charge in [0.15, 0.2) is 0 Å². The molecular weight excluding hydrogens is 405 g/mol. The van der Waals surface area contributed by atoms with Crippen molar-refractivity contribution in [1.29, 1.82) is 0 Å². The van der Waals surface area contributed by atoms with Crippen LogP contribution >= 0.6 is 22.6 Å². The summed E-state index contributed by atoms with van der Waals surface area (Å²) in [6.07, 6.45) is 2.03. The Morgan fingerprint density at radius 1 is 1.24 bits per heavy atom. The SMILES string of the molecule is CCC(CC)(CC)NS(=O)(=O)c1ccc(I)c(C(=O)O)c1. The van der Waals surface area contributed by atoms with Gasteiger partial charge in [-0.3, -0.25) is 0 Å². The van der Waals surface area contributed by atoms with E-state index in [1.165, 1.54) is 18.2 Å². The summed E-state index contributed by atoms with van der Waals surface area (Å²) in [5.41, 5.74) is -0.501. The van der Waals surface area contributed by atoms with Crippen LogP contribution in [-0.2, 0) is 10.0 Å². The number of halogens is 1. The summed E-state index contributed by atoms with van der Waals surface area (Å²) in [6, 6.07) is 4.14. The van der Waals surface area contributed by atoms with Crippen LogP contribution in [0.2, 0.25) is 0 Å². The second kappa shape index (κ2) is 7.06. The van der Waals surface area contributed by atoms with E-state index in [0.29, 0.717) is 22.8 Å². The Labute approximate surface area is 139 Å². The Hall–Kier alpha value is -0.670. The Kier molecular flexibility index (Phi) is 6.18. The van der Waals surface area contributed by atoms with Crippen molar-refractivity contribution >= 4 is 38.6 Å². The molecule has 0 spiro atoms. The molecule has 0 atom stereocenters. The van der Waals surface area contributed by atoms with E-state index in [1.807, 2.05) is 43.4 Å². The first kappa shape index (κ1) is 18.4. The van der Waals surface area contributed by atoms with E-state index in [9.17, 15) is 13.2 Å². The average Bonchev–Trinajstić information content (AvgIpc) is 2.44. The monoisotopic (exact) mass is 425 g/mol. The summed E-state index contributed by atoms with van der Waals surface area (Å²) in [6.45, 7) is 5.81. The van der Waals surface area contributed by atoms with Crippen LogP contribution in [0.5, 0.6) is 0 Å². The largest absolute Gasteiger partial charge is 0.478 e. The summed E-state index contributed by atoms with van der Waals surface area (Å²) in [7, 11) is -3.74. The van der Waals surface area contributed by atoms with Gasteiger partial charge < -0.3 is 5.11 Å². The van der Waals surface area contributed by atoms with Crippen LogP contribution in [0.1, 0.15) is 50.4 Å². The zero-order valence-electron chi connectivity index (χ0n) is 12.3. The first-order valence-corrected chi connectivity index (χ1v) is 9.34. The first-order chi connectivity index (χ1) is 9.71. The summed E-state index contributed by atoms with van der Waals surface area (Å²) >= 11 is 1.87. The van der Waals surface area contributed by atoms with Gasteiger partial charge >= 0.3 is 5.97 Å². The number of carboxylic acid groups (broad SMARTS) is 1. The molecule has 0 saturated carbocycles. The van der Waals surface area contributed by atoms with Crippen LogP contribution in [-0.4, -0.2) is 25.0 Å².